The quantitative estimate of drug-likeness (QED) is 0.323. The number of nitrogens with one attached hydrogen (secondary N) is 2. The SMILES string of the molecule is CC(C)C(CC(=O)OCc1ccccc1)C(=O)NC(C(=O)CC1Cc2cnnn2CCNC(=O)C1=O)C(C)C. The second kappa shape index (κ2) is 13.8. The van der Waals surface area contributed by atoms with Crippen molar-refractivity contribution in [2.75, 3.05) is 6.54 Å². The molecule has 2 N–H and O–H groups in total. The summed E-state index contributed by atoms with van der Waals surface area (Å²) in [6.45, 7) is 7.92. The number of Topliss-reactive ketones (excluding diaryl/α,β-unsaturated/α-hetero) is 2. The Labute approximate surface area is 228 Å². The van der Waals surface area contributed by atoms with Crippen molar-refractivity contribution in [1.82, 2.24) is 25.6 Å². The highest BCUT2D eigenvalue weighted by molar-refractivity contribution is 6.37. The molecule has 0 aliphatic carbocycles. The van der Waals surface area contributed by atoms with Crippen LogP contribution in [0.3, 0.4) is 0 Å². The first-order chi connectivity index (χ1) is 18.6. The van der Waals surface area contributed by atoms with Crippen LogP contribution >= 0.6 is 0 Å². The van der Waals surface area contributed by atoms with E-state index in [1.54, 1.807) is 18.5 Å². The van der Waals surface area contributed by atoms with E-state index in [0.29, 0.717) is 12.2 Å². The molecule has 0 saturated heterocycles. The van der Waals surface area contributed by atoms with Gasteiger partial charge in [-0.05, 0) is 17.4 Å². The van der Waals surface area contributed by atoms with Crippen molar-refractivity contribution in [3.63, 3.8) is 0 Å². The minimum Gasteiger partial charge on any atom is -0.461 e. The monoisotopic (exact) mass is 539 g/mol. The fourth-order valence-electron chi connectivity index (χ4n) is 4.54. The molecular weight excluding hydrogens is 502 g/mol. The second-order valence-corrected chi connectivity index (χ2v) is 10.6. The summed E-state index contributed by atoms with van der Waals surface area (Å²) in [4.78, 5) is 64.4. The van der Waals surface area contributed by atoms with E-state index in [9.17, 15) is 24.0 Å². The van der Waals surface area contributed by atoms with Crippen LogP contribution in [0.2, 0.25) is 0 Å². The van der Waals surface area contributed by atoms with Crippen LogP contribution in [0.4, 0.5) is 0 Å². The molecular formula is C28H37N5O6. The number of hydrogen-bond donors (Lipinski definition) is 2. The summed E-state index contributed by atoms with van der Waals surface area (Å²) in [6.07, 6.45) is 1.29. The van der Waals surface area contributed by atoms with Gasteiger partial charge < -0.3 is 15.4 Å². The molecule has 1 aromatic heterocycles. The molecule has 0 radical (unpaired) electrons. The summed E-state index contributed by atoms with van der Waals surface area (Å²) < 4.78 is 6.96. The smallest absolute Gasteiger partial charge is 0.306 e. The number of fused-ring (bicyclic) bond motifs is 1. The van der Waals surface area contributed by atoms with Gasteiger partial charge in [0.25, 0.3) is 5.91 Å². The molecule has 2 amide bonds. The molecule has 2 aromatic rings. The van der Waals surface area contributed by atoms with Gasteiger partial charge in [0, 0.05) is 25.3 Å². The first-order valence-electron chi connectivity index (χ1n) is 13.3. The summed E-state index contributed by atoms with van der Waals surface area (Å²) in [6, 6.07) is 8.35. The van der Waals surface area contributed by atoms with Crippen molar-refractivity contribution < 1.29 is 28.7 Å². The predicted octanol–water partition coefficient (Wildman–Crippen LogP) is 1.64. The van der Waals surface area contributed by atoms with Crippen molar-refractivity contribution in [2.45, 2.75) is 66.2 Å². The third kappa shape index (κ3) is 8.30. The number of aromatic nitrogens is 3. The summed E-state index contributed by atoms with van der Waals surface area (Å²) in [5, 5.41) is 13.2. The van der Waals surface area contributed by atoms with Crippen LogP contribution in [0, 0.1) is 23.7 Å². The van der Waals surface area contributed by atoms with Crippen LogP contribution in [0.5, 0.6) is 0 Å². The van der Waals surface area contributed by atoms with Gasteiger partial charge in [-0.3, -0.25) is 24.0 Å². The van der Waals surface area contributed by atoms with Crippen LogP contribution in [0.25, 0.3) is 0 Å². The zero-order chi connectivity index (χ0) is 28.5. The van der Waals surface area contributed by atoms with Crippen LogP contribution in [-0.2, 0) is 48.3 Å². The van der Waals surface area contributed by atoms with E-state index in [2.05, 4.69) is 20.9 Å². The Balaban J connectivity index is 1.67. The van der Waals surface area contributed by atoms with Gasteiger partial charge in [0.15, 0.2) is 5.78 Å². The Hall–Kier alpha value is -3.89. The number of ether oxygens (including phenoxy) is 1. The Morgan fingerprint density at radius 3 is 2.49 bits per heavy atom. The second-order valence-electron chi connectivity index (χ2n) is 10.6. The molecule has 3 rings (SSSR count). The summed E-state index contributed by atoms with van der Waals surface area (Å²) in [7, 11) is 0. The number of hydrogen-bond acceptors (Lipinski definition) is 8. The molecule has 210 valence electrons. The molecule has 1 aliphatic heterocycles. The van der Waals surface area contributed by atoms with Gasteiger partial charge in [-0.25, -0.2) is 4.68 Å². The lowest BCUT2D eigenvalue weighted by atomic mass is 9.86. The van der Waals surface area contributed by atoms with Crippen molar-refractivity contribution in [2.24, 2.45) is 23.7 Å². The van der Waals surface area contributed by atoms with E-state index in [1.165, 1.54) is 6.20 Å². The molecule has 1 aliphatic rings. The van der Waals surface area contributed by atoms with Crippen molar-refractivity contribution in [3.8, 4) is 0 Å². The summed E-state index contributed by atoms with van der Waals surface area (Å²) >= 11 is 0. The van der Waals surface area contributed by atoms with E-state index in [4.69, 9.17) is 4.74 Å². The third-order valence-electron chi connectivity index (χ3n) is 6.89. The molecule has 0 fully saturated rings. The maximum atomic E-state index is 13.4. The lowest BCUT2D eigenvalue weighted by Crippen LogP contribution is -2.49. The van der Waals surface area contributed by atoms with E-state index in [1.807, 2.05) is 44.2 Å². The summed E-state index contributed by atoms with van der Waals surface area (Å²) in [5.41, 5.74) is 1.49. The Morgan fingerprint density at radius 2 is 1.82 bits per heavy atom. The largest absolute Gasteiger partial charge is 0.461 e. The molecule has 11 heteroatoms. The average molecular weight is 540 g/mol. The lowest BCUT2D eigenvalue weighted by molar-refractivity contribution is -0.149. The van der Waals surface area contributed by atoms with Gasteiger partial charge in [-0.15, -0.1) is 5.10 Å². The number of carbonyl (C=O) groups is 5. The highest BCUT2D eigenvalue weighted by atomic mass is 16.5. The van der Waals surface area contributed by atoms with Gasteiger partial charge in [0.05, 0.1) is 36.8 Å². The number of benzene rings is 1. The lowest BCUT2D eigenvalue weighted by Gasteiger charge is -2.27. The zero-order valence-corrected chi connectivity index (χ0v) is 22.9. The first kappa shape index (κ1) is 29.7. The van der Waals surface area contributed by atoms with Crippen molar-refractivity contribution in [3.05, 3.63) is 47.8 Å². The van der Waals surface area contributed by atoms with E-state index >= 15 is 0 Å². The fraction of sp³-hybridized carbons (Fsp3) is 0.536. The van der Waals surface area contributed by atoms with Gasteiger partial charge in [-0.1, -0.05) is 63.2 Å². The standard InChI is InChI=1S/C28H37N5O6/c1-17(2)22(14-24(35)39-16-19-8-6-5-7-9-19)27(37)31-25(18(3)4)23(34)13-20-12-21-15-30-32-33(21)11-10-29-28(38)26(20)36/h5-9,15,17-18,20,22,25H,10-14,16H2,1-4H3,(H,29,38)(H,31,37). The minimum atomic E-state index is -0.917. The maximum Gasteiger partial charge on any atom is 0.306 e. The molecule has 0 bridgehead atoms. The number of ketones is 2. The molecule has 1 aromatic carbocycles. The zero-order valence-electron chi connectivity index (χ0n) is 22.9. The topological polar surface area (TPSA) is 149 Å². The van der Waals surface area contributed by atoms with Gasteiger partial charge >= 0.3 is 5.97 Å². The normalized spacial score (nSPS) is 17.3. The number of carbonyl (C=O) groups excluding carboxylic acids is 5. The fourth-order valence-corrected chi connectivity index (χ4v) is 4.54. The molecule has 11 nitrogen and oxygen atoms in total. The number of nitrogens with zero attached hydrogens (tertiary/aromatic N) is 3. The summed E-state index contributed by atoms with van der Waals surface area (Å²) in [5.74, 6) is -4.84. The molecule has 3 unspecified atom stereocenters. The van der Waals surface area contributed by atoms with Gasteiger partial charge in [0.1, 0.15) is 6.61 Å². The Morgan fingerprint density at radius 1 is 1.10 bits per heavy atom. The Bertz CT molecular complexity index is 1180. The number of rotatable bonds is 11. The van der Waals surface area contributed by atoms with E-state index in [0.717, 1.165) is 5.56 Å². The van der Waals surface area contributed by atoms with Gasteiger partial charge in [-0.2, -0.15) is 0 Å². The van der Waals surface area contributed by atoms with Crippen molar-refractivity contribution >= 4 is 29.4 Å². The minimum absolute atomic E-state index is 0.108. The molecule has 2 heterocycles. The highest BCUT2D eigenvalue weighted by Gasteiger charge is 2.35. The van der Waals surface area contributed by atoms with E-state index in [-0.39, 0.29) is 50.0 Å². The number of esters is 1. The predicted molar refractivity (Wildman–Crippen MR) is 141 cm³/mol. The highest BCUT2D eigenvalue weighted by Crippen LogP contribution is 2.21. The third-order valence-corrected chi connectivity index (χ3v) is 6.89. The molecule has 3 atom stereocenters. The molecule has 0 spiro atoms. The molecule has 0 saturated carbocycles. The Kier molecular flexibility index (Phi) is 10.5. The van der Waals surface area contributed by atoms with E-state index < -0.39 is 41.4 Å². The average Bonchev–Trinajstić information content (AvgIpc) is 3.35. The molecule has 39 heavy (non-hydrogen) atoms. The van der Waals surface area contributed by atoms with Crippen molar-refractivity contribution in [1.29, 1.82) is 0 Å². The maximum absolute atomic E-state index is 13.4. The van der Waals surface area contributed by atoms with Crippen LogP contribution in [-0.4, -0.2) is 56.9 Å². The van der Waals surface area contributed by atoms with Crippen LogP contribution in [0.15, 0.2) is 36.5 Å². The van der Waals surface area contributed by atoms with Crippen LogP contribution < -0.4 is 10.6 Å². The number of amides is 2. The first-order valence-corrected chi connectivity index (χ1v) is 13.3. The van der Waals surface area contributed by atoms with Gasteiger partial charge in [0.2, 0.25) is 11.7 Å². The van der Waals surface area contributed by atoms with Crippen LogP contribution in [0.1, 0.15) is 51.8 Å².